The summed E-state index contributed by atoms with van der Waals surface area (Å²) in [5, 5.41) is 3.06. The van der Waals surface area contributed by atoms with Crippen LogP contribution in [0.1, 0.15) is 37.7 Å². The Hall–Kier alpha value is -1.42. The summed E-state index contributed by atoms with van der Waals surface area (Å²) in [7, 11) is 0. The summed E-state index contributed by atoms with van der Waals surface area (Å²) in [6.45, 7) is 0.474. The van der Waals surface area contributed by atoms with Crippen molar-refractivity contribution in [1.82, 2.24) is 5.32 Å². The summed E-state index contributed by atoms with van der Waals surface area (Å²) in [6, 6.07) is 6.16. The second kappa shape index (κ2) is 6.15. The monoisotopic (exact) mass is 264 g/mol. The molecule has 3 N–H and O–H groups in total. The van der Waals surface area contributed by atoms with E-state index in [1.807, 2.05) is 0 Å². The average Bonchev–Trinajstić information content (AvgIpc) is 2.39. The van der Waals surface area contributed by atoms with E-state index in [4.69, 9.17) is 5.73 Å². The third kappa shape index (κ3) is 3.77. The van der Waals surface area contributed by atoms with E-state index in [-0.39, 0.29) is 23.7 Å². The van der Waals surface area contributed by atoms with Crippen LogP contribution in [0.15, 0.2) is 24.3 Å². The number of carbonyl (C=O) groups excluding carboxylic acids is 1. The number of benzene rings is 1. The molecule has 1 amide bonds. The molecule has 3 nitrogen and oxygen atoms in total. The predicted molar refractivity (Wildman–Crippen MR) is 73.1 cm³/mol. The van der Waals surface area contributed by atoms with E-state index in [1.165, 1.54) is 18.6 Å². The van der Waals surface area contributed by atoms with Crippen LogP contribution < -0.4 is 11.1 Å². The van der Waals surface area contributed by atoms with Gasteiger partial charge in [-0.15, -0.1) is 0 Å². The van der Waals surface area contributed by atoms with Crippen molar-refractivity contribution in [2.45, 2.75) is 44.1 Å². The second-order valence-electron chi connectivity index (χ2n) is 5.40. The molecule has 1 aromatic rings. The molecule has 1 aromatic carbocycles. The lowest BCUT2D eigenvalue weighted by molar-refractivity contribution is -0.122. The molecule has 0 bridgehead atoms. The Bertz CT molecular complexity index is 442. The average molecular weight is 264 g/mol. The first-order chi connectivity index (χ1) is 9.13. The number of halogens is 1. The number of carbonyl (C=O) groups is 1. The van der Waals surface area contributed by atoms with Crippen molar-refractivity contribution >= 4 is 5.91 Å². The molecule has 2 rings (SSSR count). The van der Waals surface area contributed by atoms with Crippen LogP contribution in [-0.2, 0) is 11.2 Å². The molecule has 1 aliphatic rings. The maximum absolute atomic E-state index is 13.1. The molecule has 0 saturated heterocycles. The van der Waals surface area contributed by atoms with Gasteiger partial charge in [-0.05, 0) is 30.5 Å². The van der Waals surface area contributed by atoms with Gasteiger partial charge in [0.1, 0.15) is 5.82 Å². The van der Waals surface area contributed by atoms with Crippen molar-refractivity contribution in [1.29, 1.82) is 0 Å². The van der Waals surface area contributed by atoms with Gasteiger partial charge < -0.3 is 11.1 Å². The van der Waals surface area contributed by atoms with Crippen LogP contribution in [0.2, 0.25) is 0 Å². The fourth-order valence-corrected chi connectivity index (χ4v) is 2.78. The van der Waals surface area contributed by atoms with Crippen LogP contribution in [0.25, 0.3) is 0 Å². The molecule has 0 unspecified atom stereocenters. The zero-order chi connectivity index (χ0) is 13.7. The Morgan fingerprint density at radius 2 is 2.05 bits per heavy atom. The van der Waals surface area contributed by atoms with Crippen LogP contribution in [0.4, 0.5) is 4.39 Å². The van der Waals surface area contributed by atoms with Gasteiger partial charge in [0.25, 0.3) is 0 Å². The van der Waals surface area contributed by atoms with Gasteiger partial charge in [0.2, 0.25) is 5.91 Å². The van der Waals surface area contributed by atoms with Crippen molar-refractivity contribution < 1.29 is 9.18 Å². The van der Waals surface area contributed by atoms with Crippen LogP contribution in [0.3, 0.4) is 0 Å². The maximum Gasteiger partial charge on any atom is 0.224 e. The summed E-state index contributed by atoms with van der Waals surface area (Å²) in [5.41, 5.74) is 6.28. The number of nitrogens with two attached hydrogens (primary N) is 1. The first-order valence-electron chi connectivity index (χ1n) is 6.89. The second-order valence-corrected chi connectivity index (χ2v) is 5.40. The molecule has 19 heavy (non-hydrogen) atoms. The molecule has 0 heterocycles. The Labute approximate surface area is 113 Å². The third-order valence-corrected chi connectivity index (χ3v) is 3.86. The highest BCUT2D eigenvalue weighted by atomic mass is 19.1. The number of hydrogen-bond donors (Lipinski definition) is 2. The van der Waals surface area contributed by atoms with E-state index in [1.54, 1.807) is 12.1 Å². The topological polar surface area (TPSA) is 55.1 Å². The zero-order valence-corrected chi connectivity index (χ0v) is 11.1. The van der Waals surface area contributed by atoms with E-state index in [0.29, 0.717) is 12.1 Å². The molecule has 0 atom stereocenters. The van der Waals surface area contributed by atoms with Gasteiger partial charge in [-0.2, -0.15) is 0 Å². The largest absolute Gasteiger partial charge is 0.349 e. The fraction of sp³-hybridized carbons (Fsp3) is 0.533. The zero-order valence-electron chi connectivity index (χ0n) is 11.1. The fourth-order valence-electron chi connectivity index (χ4n) is 2.78. The summed E-state index contributed by atoms with van der Waals surface area (Å²) < 4.78 is 13.1. The Kier molecular flexibility index (Phi) is 4.53. The van der Waals surface area contributed by atoms with Gasteiger partial charge in [-0.1, -0.05) is 31.4 Å². The first kappa shape index (κ1) is 14.0. The molecule has 1 saturated carbocycles. The van der Waals surface area contributed by atoms with Gasteiger partial charge in [-0.3, -0.25) is 4.79 Å². The highest BCUT2D eigenvalue weighted by molar-refractivity contribution is 5.79. The normalized spacial score (nSPS) is 18.0. The van der Waals surface area contributed by atoms with E-state index in [9.17, 15) is 9.18 Å². The Morgan fingerprint density at radius 1 is 1.32 bits per heavy atom. The van der Waals surface area contributed by atoms with Crippen molar-refractivity contribution in [3.8, 4) is 0 Å². The smallest absolute Gasteiger partial charge is 0.224 e. The van der Waals surface area contributed by atoms with E-state index in [0.717, 1.165) is 25.7 Å². The molecular weight excluding hydrogens is 243 g/mol. The lowest BCUT2D eigenvalue weighted by Crippen LogP contribution is -2.55. The standard InChI is InChI=1S/C15H21FN2O/c16-13-6-4-5-12(9-13)10-14(19)18-15(11-17)7-2-1-3-8-15/h4-6,9H,1-3,7-8,10-11,17H2,(H,18,19). The minimum absolute atomic E-state index is 0.0713. The van der Waals surface area contributed by atoms with Crippen molar-refractivity contribution in [3.05, 3.63) is 35.6 Å². The summed E-state index contributed by atoms with van der Waals surface area (Å²) in [4.78, 5) is 12.1. The molecule has 0 aromatic heterocycles. The lowest BCUT2D eigenvalue weighted by Gasteiger charge is -2.37. The summed E-state index contributed by atoms with van der Waals surface area (Å²) >= 11 is 0. The van der Waals surface area contributed by atoms with Crippen LogP contribution in [-0.4, -0.2) is 18.0 Å². The quantitative estimate of drug-likeness (QED) is 0.875. The van der Waals surface area contributed by atoms with Gasteiger partial charge in [0.15, 0.2) is 0 Å². The summed E-state index contributed by atoms with van der Waals surface area (Å²) in [5.74, 6) is -0.380. The van der Waals surface area contributed by atoms with Crippen LogP contribution in [0.5, 0.6) is 0 Å². The number of rotatable bonds is 4. The van der Waals surface area contributed by atoms with E-state index < -0.39 is 0 Å². The highest BCUT2D eigenvalue weighted by Crippen LogP contribution is 2.27. The van der Waals surface area contributed by atoms with Crippen molar-refractivity contribution in [3.63, 3.8) is 0 Å². The first-order valence-corrected chi connectivity index (χ1v) is 6.89. The minimum atomic E-state index is -0.309. The van der Waals surface area contributed by atoms with Crippen molar-refractivity contribution in [2.24, 2.45) is 5.73 Å². The molecule has 1 fully saturated rings. The van der Waals surface area contributed by atoms with Crippen molar-refractivity contribution in [2.75, 3.05) is 6.54 Å². The summed E-state index contributed by atoms with van der Waals surface area (Å²) in [6.07, 6.45) is 5.52. The lowest BCUT2D eigenvalue weighted by atomic mass is 9.81. The van der Waals surface area contributed by atoms with Gasteiger partial charge in [0, 0.05) is 6.54 Å². The number of nitrogens with one attached hydrogen (secondary N) is 1. The van der Waals surface area contributed by atoms with E-state index >= 15 is 0 Å². The third-order valence-electron chi connectivity index (χ3n) is 3.86. The molecule has 0 spiro atoms. The SMILES string of the molecule is NCC1(NC(=O)Cc2cccc(F)c2)CCCCC1. The Balaban J connectivity index is 1.96. The molecule has 4 heteroatoms. The molecule has 1 aliphatic carbocycles. The molecule has 0 aliphatic heterocycles. The van der Waals surface area contributed by atoms with E-state index in [2.05, 4.69) is 5.32 Å². The molecule has 0 radical (unpaired) electrons. The van der Waals surface area contributed by atoms with Gasteiger partial charge >= 0.3 is 0 Å². The molecular formula is C15H21FN2O. The van der Waals surface area contributed by atoms with Crippen LogP contribution in [0, 0.1) is 5.82 Å². The Morgan fingerprint density at radius 3 is 2.68 bits per heavy atom. The maximum atomic E-state index is 13.1. The van der Waals surface area contributed by atoms with Crippen LogP contribution >= 0.6 is 0 Å². The number of amides is 1. The number of hydrogen-bond acceptors (Lipinski definition) is 2. The highest BCUT2D eigenvalue weighted by Gasteiger charge is 2.31. The minimum Gasteiger partial charge on any atom is -0.349 e. The van der Waals surface area contributed by atoms with Gasteiger partial charge in [-0.25, -0.2) is 4.39 Å². The predicted octanol–water partition coefficient (Wildman–Crippen LogP) is 2.15. The van der Waals surface area contributed by atoms with Gasteiger partial charge in [0.05, 0.1) is 12.0 Å². The molecule has 104 valence electrons.